The van der Waals surface area contributed by atoms with Crippen molar-refractivity contribution in [2.24, 2.45) is 5.92 Å². The predicted molar refractivity (Wildman–Crippen MR) is 71.9 cm³/mol. The number of anilines is 1. The van der Waals surface area contributed by atoms with E-state index in [9.17, 15) is 14.0 Å². The zero-order valence-electron chi connectivity index (χ0n) is 10.9. The van der Waals surface area contributed by atoms with Crippen LogP contribution in [0.15, 0.2) is 24.3 Å². The first-order chi connectivity index (χ1) is 9.56. The van der Waals surface area contributed by atoms with Crippen LogP contribution in [0.25, 0.3) is 0 Å². The van der Waals surface area contributed by atoms with Crippen LogP contribution >= 0.6 is 0 Å². The topological polar surface area (TPSA) is 78.4 Å². The molecule has 1 aliphatic rings. The highest BCUT2D eigenvalue weighted by atomic mass is 19.1. The highest BCUT2D eigenvalue weighted by Crippen LogP contribution is 2.24. The summed E-state index contributed by atoms with van der Waals surface area (Å²) in [6.45, 7) is 0. The molecule has 5 nitrogen and oxygen atoms in total. The van der Waals surface area contributed by atoms with Gasteiger partial charge in [-0.05, 0) is 31.4 Å². The van der Waals surface area contributed by atoms with E-state index >= 15 is 0 Å². The molecule has 0 aliphatic heterocycles. The molecule has 1 aliphatic carbocycles. The van der Waals surface area contributed by atoms with Crippen LogP contribution in [0.3, 0.4) is 0 Å². The molecule has 2 amide bonds. The number of urea groups is 1. The zero-order valence-corrected chi connectivity index (χ0v) is 10.9. The van der Waals surface area contributed by atoms with Crippen molar-refractivity contribution in [1.82, 2.24) is 5.32 Å². The minimum atomic E-state index is -0.828. The van der Waals surface area contributed by atoms with Gasteiger partial charge >= 0.3 is 12.0 Å². The van der Waals surface area contributed by atoms with Crippen LogP contribution < -0.4 is 10.6 Å². The Balaban J connectivity index is 1.88. The molecular weight excluding hydrogens is 263 g/mol. The number of rotatable bonds is 3. The summed E-state index contributed by atoms with van der Waals surface area (Å²) in [6.07, 6.45) is 2.57. The Morgan fingerprint density at radius 2 is 2.00 bits per heavy atom. The summed E-state index contributed by atoms with van der Waals surface area (Å²) in [4.78, 5) is 22.7. The number of benzene rings is 1. The van der Waals surface area contributed by atoms with Crippen molar-refractivity contribution >= 4 is 17.7 Å². The molecule has 0 spiro atoms. The van der Waals surface area contributed by atoms with E-state index in [1.54, 1.807) is 6.07 Å². The largest absolute Gasteiger partial charge is 0.481 e. The second-order valence-electron chi connectivity index (χ2n) is 4.98. The molecule has 2 rings (SSSR count). The Labute approximate surface area is 116 Å². The number of hydrogen-bond acceptors (Lipinski definition) is 2. The zero-order chi connectivity index (χ0) is 14.5. The molecule has 1 aromatic carbocycles. The fourth-order valence-electron chi connectivity index (χ4n) is 2.45. The summed E-state index contributed by atoms with van der Waals surface area (Å²) in [7, 11) is 0. The van der Waals surface area contributed by atoms with E-state index in [4.69, 9.17) is 5.11 Å². The fraction of sp³-hybridized carbons (Fsp3) is 0.429. The van der Waals surface area contributed by atoms with E-state index in [1.807, 2.05) is 0 Å². The number of halogens is 1. The van der Waals surface area contributed by atoms with E-state index in [1.165, 1.54) is 18.2 Å². The number of carboxylic acids is 1. The van der Waals surface area contributed by atoms with Gasteiger partial charge in [-0.3, -0.25) is 4.79 Å². The SMILES string of the molecule is O=C(Nc1ccccc1F)NC1CCCC(C(=O)O)C1. The molecule has 0 bridgehead atoms. The highest BCUT2D eigenvalue weighted by molar-refractivity contribution is 5.89. The van der Waals surface area contributed by atoms with Crippen molar-refractivity contribution in [3.63, 3.8) is 0 Å². The van der Waals surface area contributed by atoms with E-state index in [-0.39, 0.29) is 11.7 Å². The van der Waals surface area contributed by atoms with Gasteiger partial charge in [0.1, 0.15) is 5.82 Å². The molecule has 6 heteroatoms. The maximum atomic E-state index is 13.4. The Morgan fingerprint density at radius 3 is 2.70 bits per heavy atom. The van der Waals surface area contributed by atoms with Crippen LogP contribution in [0.4, 0.5) is 14.9 Å². The smallest absolute Gasteiger partial charge is 0.319 e. The molecule has 0 aromatic heterocycles. The van der Waals surface area contributed by atoms with Gasteiger partial charge in [0, 0.05) is 6.04 Å². The van der Waals surface area contributed by atoms with Gasteiger partial charge in [-0.2, -0.15) is 0 Å². The van der Waals surface area contributed by atoms with Crippen LogP contribution in [0.5, 0.6) is 0 Å². The molecule has 1 saturated carbocycles. The molecule has 0 saturated heterocycles. The van der Waals surface area contributed by atoms with E-state index in [0.717, 1.165) is 12.8 Å². The average molecular weight is 280 g/mol. The van der Waals surface area contributed by atoms with Crippen molar-refractivity contribution in [1.29, 1.82) is 0 Å². The van der Waals surface area contributed by atoms with E-state index in [0.29, 0.717) is 12.8 Å². The molecule has 0 radical (unpaired) electrons. The Bertz CT molecular complexity index is 507. The first-order valence-corrected chi connectivity index (χ1v) is 6.61. The minimum absolute atomic E-state index is 0.107. The normalized spacial score (nSPS) is 22.1. The first kappa shape index (κ1) is 14.3. The van der Waals surface area contributed by atoms with Crippen molar-refractivity contribution in [2.45, 2.75) is 31.7 Å². The fourth-order valence-corrected chi connectivity index (χ4v) is 2.45. The lowest BCUT2D eigenvalue weighted by molar-refractivity contribution is -0.143. The lowest BCUT2D eigenvalue weighted by atomic mass is 9.86. The number of nitrogens with one attached hydrogen (secondary N) is 2. The minimum Gasteiger partial charge on any atom is -0.481 e. The van der Waals surface area contributed by atoms with E-state index in [2.05, 4.69) is 10.6 Å². The van der Waals surface area contributed by atoms with Crippen LogP contribution in [-0.4, -0.2) is 23.1 Å². The number of para-hydroxylation sites is 1. The van der Waals surface area contributed by atoms with Gasteiger partial charge in [0.05, 0.1) is 11.6 Å². The lowest BCUT2D eigenvalue weighted by Gasteiger charge is -2.27. The lowest BCUT2D eigenvalue weighted by Crippen LogP contribution is -2.42. The average Bonchev–Trinajstić information content (AvgIpc) is 2.41. The number of carbonyl (C=O) groups is 2. The number of aliphatic carboxylic acids is 1. The Kier molecular flexibility index (Phi) is 4.55. The number of carboxylic acid groups (broad SMARTS) is 1. The van der Waals surface area contributed by atoms with E-state index < -0.39 is 23.7 Å². The Hall–Kier alpha value is -2.11. The van der Waals surface area contributed by atoms with Gasteiger partial charge in [-0.25, -0.2) is 9.18 Å². The summed E-state index contributed by atoms with van der Waals surface area (Å²) < 4.78 is 13.4. The van der Waals surface area contributed by atoms with Gasteiger partial charge in [0.15, 0.2) is 0 Å². The van der Waals surface area contributed by atoms with Gasteiger partial charge in [-0.15, -0.1) is 0 Å². The third-order valence-corrected chi connectivity index (χ3v) is 3.48. The first-order valence-electron chi connectivity index (χ1n) is 6.61. The number of carbonyl (C=O) groups excluding carboxylic acids is 1. The third-order valence-electron chi connectivity index (χ3n) is 3.48. The third kappa shape index (κ3) is 3.69. The summed E-state index contributed by atoms with van der Waals surface area (Å²) in [5.74, 6) is -1.75. The van der Waals surface area contributed by atoms with Crippen molar-refractivity contribution in [3.8, 4) is 0 Å². The molecule has 108 valence electrons. The van der Waals surface area contributed by atoms with Gasteiger partial charge in [-0.1, -0.05) is 18.6 Å². The summed E-state index contributed by atoms with van der Waals surface area (Å²) in [5.41, 5.74) is 0.107. The number of hydrogen-bond donors (Lipinski definition) is 3. The molecule has 0 heterocycles. The highest BCUT2D eigenvalue weighted by Gasteiger charge is 2.27. The molecule has 1 aromatic rings. The molecular formula is C14H17FN2O3. The Morgan fingerprint density at radius 1 is 1.25 bits per heavy atom. The van der Waals surface area contributed by atoms with Crippen molar-refractivity contribution in [3.05, 3.63) is 30.1 Å². The van der Waals surface area contributed by atoms with Gasteiger partial charge < -0.3 is 15.7 Å². The predicted octanol–water partition coefficient (Wildman–Crippen LogP) is 2.59. The summed E-state index contributed by atoms with van der Waals surface area (Å²) >= 11 is 0. The second-order valence-corrected chi connectivity index (χ2v) is 4.98. The molecule has 20 heavy (non-hydrogen) atoms. The van der Waals surface area contributed by atoms with Crippen LogP contribution in [0.2, 0.25) is 0 Å². The van der Waals surface area contributed by atoms with Crippen LogP contribution in [-0.2, 0) is 4.79 Å². The van der Waals surface area contributed by atoms with Crippen LogP contribution in [0.1, 0.15) is 25.7 Å². The standard InChI is InChI=1S/C14H17FN2O3/c15-11-6-1-2-7-12(11)17-14(20)16-10-5-3-4-9(8-10)13(18)19/h1-2,6-7,9-10H,3-5,8H2,(H,18,19)(H2,16,17,20). The molecule has 2 atom stereocenters. The monoisotopic (exact) mass is 280 g/mol. The summed E-state index contributed by atoms with van der Waals surface area (Å²) in [6, 6.07) is 5.20. The second kappa shape index (κ2) is 6.36. The maximum Gasteiger partial charge on any atom is 0.319 e. The molecule has 2 unspecified atom stereocenters. The molecule has 3 N–H and O–H groups in total. The summed E-state index contributed by atoms with van der Waals surface area (Å²) in [5, 5.41) is 14.1. The van der Waals surface area contributed by atoms with Gasteiger partial charge in [0.25, 0.3) is 0 Å². The van der Waals surface area contributed by atoms with Crippen molar-refractivity contribution < 1.29 is 19.1 Å². The van der Waals surface area contributed by atoms with Crippen molar-refractivity contribution in [2.75, 3.05) is 5.32 Å². The van der Waals surface area contributed by atoms with Crippen LogP contribution in [0, 0.1) is 11.7 Å². The van der Waals surface area contributed by atoms with Gasteiger partial charge in [0.2, 0.25) is 0 Å². The maximum absolute atomic E-state index is 13.4. The number of amides is 2. The molecule has 1 fully saturated rings. The quantitative estimate of drug-likeness (QED) is 0.796.